The van der Waals surface area contributed by atoms with E-state index in [0.717, 1.165) is 0 Å². The maximum Gasteiger partial charge on any atom is 0.241 e. The van der Waals surface area contributed by atoms with Crippen molar-refractivity contribution in [2.75, 3.05) is 0 Å². The molecule has 0 unspecified atom stereocenters. The summed E-state index contributed by atoms with van der Waals surface area (Å²) in [7, 11) is -0.563. The van der Waals surface area contributed by atoms with Crippen LogP contribution in [0.2, 0.25) is 13.1 Å². The van der Waals surface area contributed by atoms with Crippen LogP contribution >= 0.6 is 0 Å². The number of benzene rings is 3. The normalized spacial score (nSPS) is 12.3. The van der Waals surface area contributed by atoms with Gasteiger partial charge >= 0.3 is 0 Å². The molecular formula is C28H36BSi. The molecule has 2 heteroatoms. The van der Waals surface area contributed by atoms with E-state index < -0.39 is 8.80 Å². The molecule has 0 nitrogen and oxygen atoms in total. The van der Waals surface area contributed by atoms with Crippen molar-refractivity contribution >= 4 is 37.1 Å². The Morgan fingerprint density at radius 1 is 0.567 bits per heavy atom. The first-order valence-corrected chi connectivity index (χ1v) is 13.6. The molecule has 0 bridgehead atoms. The molecule has 0 atom stereocenters. The van der Waals surface area contributed by atoms with Crippen LogP contribution in [-0.2, 0) is 10.8 Å². The highest BCUT2D eigenvalue weighted by molar-refractivity contribution is 6.98. The molecule has 30 heavy (non-hydrogen) atoms. The minimum atomic E-state index is -0.563. The fraction of sp³-hybridized carbons (Fsp3) is 0.357. The zero-order chi connectivity index (χ0) is 22.1. The maximum atomic E-state index is 2.39. The van der Waals surface area contributed by atoms with Crippen LogP contribution in [-0.4, -0.2) is 15.5 Å². The van der Waals surface area contributed by atoms with Gasteiger partial charge in [-0.3, -0.25) is 0 Å². The van der Waals surface area contributed by atoms with E-state index in [1.807, 2.05) is 0 Å². The van der Waals surface area contributed by atoms with Crippen LogP contribution in [0.5, 0.6) is 0 Å². The van der Waals surface area contributed by atoms with Crippen molar-refractivity contribution in [1.29, 1.82) is 0 Å². The average molecular weight is 411 g/mol. The lowest BCUT2D eigenvalue weighted by Gasteiger charge is -2.24. The molecule has 0 aliphatic carbocycles. The van der Waals surface area contributed by atoms with Gasteiger partial charge in [0.25, 0.3) is 0 Å². The summed E-state index contributed by atoms with van der Waals surface area (Å²) in [5.41, 5.74) is 7.33. The summed E-state index contributed by atoms with van der Waals surface area (Å²) in [4.78, 5) is 0. The molecule has 0 spiro atoms. The standard InChI is InChI=1S/C28H36BSi/c1-27(2,3)21-13-17-23(18-14-21)29(25-11-9-10-12-26(25)30(7)8)24-19-15-22(16-20-24)28(4,5)6/h9-20H,1-8H3. The molecule has 0 aliphatic heterocycles. The van der Waals surface area contributed by atoms with Crippen molar-refractivity contribution < 1.29 is 0 Å². The second kappa shape index (κ2) is 8.59. The van der Waals surface area contributed by atoms with E-state index in [1.54, 1.807) is 0 Å². The predicted octanol–water partition coefficient (Wildman–Crippen LogP) is 4.76. The van der Waals surface area contributed by atoms with Crippen molar-refractivity contribution in [2.45, 2.75) is 65.5 Å². The molecule has 155 valence electrons. The highest BCUT2D eigenvalue weighted by Gasteiger charge is 2.26. The maximum absolute atomic E-state index is 2.39. The van der Waals surface area contributed by atoms with Crippen molar-refractivity contribution in [3.8, 4) is 0 Å². The van der Waals surface area contributed by atoms with Crippen LogP contribution in [0.3, 0.4) is 0 Å². The number of hydrogen-bond donors (Lipinski definition) is 0. The fourth-order valence-corrected chi connectivity index (χ4v) is 5.34. The SMILES string of the molecule is C[Si](C)c1ccccc1B(c1ccc(C(C)(C)C)cc1)c1ccc(C(C)(C)C)cc1. The molecule has 1 radical (unpaired) electrons. The van der Waals surface area contributed by atoms with Gasteiger partial charge in [0.2, 0.25) is 6.71 Å². The zero-order valence-electron chi connectivity index (χ0n) is 20.0. The van der Waals surface area contributed by atoms with Crippen molar-refractivity contribution in [3.63, 3.8) is 0 Å². The summed E-state index contributed by atoms with van der Waals surface area (Å²) in [6.07, 6.45) is 0. The summed E-state index contributed by atoms with van der Waals surface area (Å²) in [5.74, 6) is 0. The Hall–Kier alpha value is -2.06. The molecule has 0 amide bonds. The molecule has 0 saturated carbocycles. The Bertz CT molecular complexity index is 913. The minimum Gasteiger partial charge on any atom is -0.0696 e. The topological polar surface area (TPSA) is 0 Å². The van der Waals surface area contributed by atoms with E-state index in [4.69, 9.17) is 0 Å². The predicted molar refractivity (Wildman–Crippen MR) is 138 cm³/mol. The summed E-state index contributed by atoms with van der Waals surface area (Å²) in [6.45, 7) is 18.7. The first-order valence-electron chi connectivity index (χ1n) is 11.1. The Morgan fingerprint density at radius 2 is 0.967 bits per heavy atom. The van der Waals surface area contributed by atoms with Crippen LogP contribution in [0.4, 0.5) is 0 Å². The molecule has 0 saturated heterocycles. The molecular weight excluding hydrogens is 375 g/mol. The Morgan fingerprint density at radius 3 is 1.33 bits per heavy atom. The molecule has 0 heterocycles. The van der Waals surface area contributed by atoms with E-state index >= 15 is 0 Å². The summed E-state index contributed by atoms with van der Waals surface area (Å²) in [5, 5.41) is 1.53. The second-order valence-electron chi connectivity index (χ2n) is 10.8. The lowest BCUT2D eigenvalue weighted by molar-refractivity contribution is 0.590. The van der Waals surface area contributed by atoms with Crippen LogP contribution in [0.1, 0.15) is 52.7 Å². The van der Waals surface area contributed by atoms with E-state index in [0.29, 0.717) is 0 Å². The van der Waals surface area contributed by atoms with Gasteiger partial charge in [0.15, 0.2) is 0 Å². The van der Waals surface area contributed by atoms with Crippen LogP contribution < -0.4 is 21.6 Å². The summed E-state index contributed by atoms with van der Waals surface area (Å²) < 4.78 is 0. The average Bonchev–Trinajstić information content (AvgIpc) is 2.68. The molecule has 3 aromatic carbocycles. The minimum absolute atomic E-state index is 0.170. The van der Waals surface area contributed by atoms with Crippen molar-refractivity contribution in [3.05, 3.63) is 83.9 Å². The molecule has 0 aliphatic rings. The van der Waals surface area contributed by atoms with Gasteiger partial charge in [-0.2, -0.15) is 0 Å². The van der Waals surface area contributed by atoms with Crippen molar-refractivity contribution in [2.24, 2.45) is 0 Å². The van der Waals surface area contributed by atoms with Crippen LogP contribution in [0, 0.1) is 0 Å². The van der Waals surface area contributed by atoms with Gasteiger partial charge in [0.1, 0.15) is 0 Å². The van der Waals surface area contributed by atoms with E-state index in [-0.39, 0.29) is 17.5 Å². The van der Waals surface area contributed by atoms with Gasteiger partial charge in [0.05, 0.1) is 8.80 Å². The molecule has 0 fully saturated rings. The quantitative estimate of drug-likeness (QED) is 0.543. The van der Waals surface area contributed by atoms with E-state index in [1.165, 1.54) is 32.7 Å². The smallest absolute Gasteiger partial charge is 0.0696 e. The lowest BCUT2D eigenvalue weighted by atomic mass is 9.36. The monoisotopic (exact) mass is 411 g/mol. The highest BCUT2D eigenvalue weighted by atomic mass is 28.3. The third-order valence-electron chi connectivity index (χ3n) is 6.03. The Labute approximate surface area is 186 Å². The third-order valence-corrected chi connectivity index (χ3v) is 7.56. The zero-order valence-corrected chi connectivity index (χ0v) is 21.0. The van der Waals surface area contributed by atoms with Gasteiger partial charge in [-0.05, 0) is 22.0 Å². The highest BCUT2D eigenvalue weighted by Crippen LogP contribution is 2.22. The number of hydrogen-bond acceptors (Lipinski definition) is 0. The van der Waals surface area contributed by atoms with Gasteiger partial charge in [-0.15, -0.1) is 0 Å². The van der Waals surface area contributed by atoms with Gasteiger partial charge < -0.3 is 0 Å². The third kappa shape index (κ3) is 4.98. The molecule has 0 aromatic heterocycles. The second-order valence-corrected chi connectivity index (χ2v) is 13.3. The Balaban J connectivity index is 2.15. The largest absolute Gasteiger partial charge is 0.241 e. The summed E-state index contributed by atoms with van der Waals surface area (Å²) >= 11 is 0. The van der Waals surface area contributed by atoms with Crippen molar-refractivity contribution in [1.82, 2.24) is 0 Å². The fourth-order valence-electron chi connectivity index (χ4n) is 4.11. The van der Waals surface area contributed by atoms with Gasteiger partial charge in [-0.1, -0.05) is 149 Å². The lowest BCUT2D eigenvalue weighted by Crippen LogP contribution is -2.59. The first-order chi connectivity index (χ1) is 14.0. The molecule has 0 N–H and O–H groups in total. The van der Waals surface area contributed by atoms with Gasteiger partial charge in [-0.25, -0.2) is 0 Å². The van der Waals surface area contributed by atoms with Crippen LogP contribution in [0.25, 0.3) is 0 Å². The molecule has 3 rings (SSSR count). The van der Waals surface area contributed by atoms with Crippen LogP contribution in [0.15, 0.2) is 72.8 Å². The Kier molecular flexibility index (Phi) is 6.48. The summed E-state index contributed by atoms with van der Waals surface area (Å²) in [6, 6.07) is 27.7. The first kappa shape index (κ1) is 22.6. The number of rotatable bonds is 4. The van der Waals surface area contributed by atoms with Gasteiger partial charge in [0, 0.05) is 0 Å². The van der Waals surface area contributed by atoms with E-state index in [9.17, 15) is 0 Å². The van der Waals surface area contributed by atoms with E-state index in [2.05, 4.69) is 127 Å². The molecule has 3 aromatic rings.